The van der Waals surface area contributed by atoms with Crippen molar-refractivity contribution in [3.05, 3.63) is 75.8 Å². The van der Waals surface area contributed by atoms with E-state index in [1.807, 2.05) is 48.9 Å². The maximum Gasteiger partial charge on any atom is 0.429 e. The molecule has 38 heavy (non-hydrogen) atoms. The van der Waals surface area contributed by atoms with Crippen LogP contribution in [0.25, 0.3) is 0 Å². The first-order valence-electron chi connectivity index (χ1n) is 12.4. The lowest BCUT2D eigenvalue weighted by atomic mass is 9.94. The summed E-state index contributed by atoms with van der Waals surface area (Å²) in [6, 6.07) is 11.4. The molecule has 1 atom stereocenters. The molecule has 1 aliphatic rings. The first-order valence-corrected chi connectivity index (χ1v) is 13.1. The lowest BCUT2D eigenvalue weighted by Gasteiger charge is -2.31. The number of hydrogen-bond acceptors (Lipinski definition) is 6. The van der Waals surface area contributed by atoms with Crippen LogP contribution in [-0.2, 0) is 20.8 Å². The van der Waals surface area contributed by atoms with Crippen LogP contribution < -0.4 is 5.01 Å². The van der Waals surface area contributed by atoms with Crippen molar-refractivity contribution in [1.82, 2.24) is 19.8 Å². The van der Waals surface area contributed by atoms with E-state index in [1.54, 1.807) is 18.7 Å². The molecule has 0 saturated carbocycles. The molecule has 1 saturated heterocycles. The van der Waals surface area contributed by atoms with E-state index in [1.165, 1.54) is 17.1 Å². The van der Waals surface area contributed by atoms with Crippen LogP contribution in [0, 0.1) is 13.8 Å². The second-order valence-electron chi connectivity index (χ2n) is 8.89. The van der Waals surface area contributed by atoms with Crippen molar-refractivity contribution >= 4 is 40.9 Å². The fourth-order valence-corrected chi connectivity index (χ4v) is 4.91. The van der Waals surface area contributed by atoms with Crippen molar-refractivity contribution in [3.63, 3.8) is 0 Å². The average Bonchev–Trinajstić information content (AvgIpc) is 3.54. The monoisotopic (exact) mass is 561 g/mol. The molecule has 0 N–H and O–H groups in total. The summed E-state index contributed by atoms with van der Waals surface area (Å²) in [5.74, 6) is 0.0326. The van der Waals surface area contributed by atoms with Gasteiger partial charge < -0.3 is 9.47 Å². The van der Waals surface area contributed by atoms with Crippen molar-refractivity contribution in [3.8, 4) is 0 Å². The molecule has 1 fully saturated rings. The Morgan fingerprint density at radius 3 is 2.50 bits per heavy atom. The van der Waals surface area contributed by atoms with E-state index in [0.717, 1.165) is 41.1 Å². The number of hydrogen-bond donors (Lipinski definition) is 0. The molecule has 2 aromatic carbocycles. The number of ether oxygens (including phenoxy) is 2. The molecule has 2 heterocycles. The number of carbonyl (C=O) groups excluding carboxylic acids is 2. The standard InChI is InChI=1S/C14H18N2O4.C13H15Cl2N3/c1-10-5-4-6-11(2)13(10)16(12(17)9-19-3)15-7-8-20-14(15)18;1-2-3-10(7-18-9-16-8-17-18)12-5-4-11(14)6-13(12)15/h4-6H,7-9H2,1-3H3;4-6,8-10H,2-3,7H2,1H3. The Morgan fingerprint density at radius 2 is 1.95 bits per heavy atom. The fraction of sp³-hybridized carbons (Fsp3) is 0.407. The first kappa shape index (κ1) is 29.4. The third-order valence-electron chi connectivity index (χ3n) is 6.05. The number of carbonyl (C=O) groups is 2. The van der Waals surface area contributed by atoms with E-state index in [4.69, 9.17) is 32.7 Å². The van der Waals surface area contributed by atoms with Crippen LogP contribution >= 0.6 is 23.2 Å². The maximum absolute atomic E-state index is 12.3. The number of hydrazine groups is 1. The molecule has 0 aliphatic carbocycles. The minimum Gasteiger partial charge on any atom is -0.446 e. The lowest BCUT2D eigenvalue weighted by Crippen LogP contribution is -2.49. The maximum atomic E-state index is 12.3. The number of nitrogens with zero attached hydrogens (tertiary/aromatic N) is 5. The number of amides is 2. The number of methoxy groups -OCH3 is 1. The average molecular weight is 562 g/mol. The van der Waals surface area contributed by atoms with E-state index in [0.29, 0.717) is 23.2 Å². The minimum atomic E-state index is -0.517. The number of rotatable bonds is 9. The number of benzene rings is 2. The highest BCUT2D eigenvalue weighted by Gasteiger charge is 2.34. The number of aromatic nitrogens is 3. The van der Waals surface area contributed by atoms with Crippen LogP contribution in [0.4, 0.5) is 10.5 Å². The molecule has 0 spiro atoms. The van der Waals surface area contributed by atoms with E-state index in [-0.39, 0.29) is 19.1 Å². The summed E-state index contributed by atoms with van der Waals surface area (Å²) < 4.78 is 11.7. The van der Waals surface area contributed by atoms with Gasteiger partial charge in [-0.3, -0.25) is 9.48 Å². The quantitative estimate of drug-likeness (QED) is 0.327. The van der Waals surface area contributed by atoms with Gasteiger partial charge in [0.15, 0.2) is 0 Å². The van der Waals surface area contributed by atoms with Crippen LogP contribution in [0.3, 0.4) is 0 Å². The van der Waals surface area contributed by atoms with Crippen molar-refractivity contribution in [2.24, 2.45) is 0 Å². The Kier molecular flexibility index (Phi) is 10.9. The number of halogens is 2. The zero-order chi connectivity index (χ0) is 27.7. The molecule has 0 bridgehead atoms. The Balaban J connectivity index is 0.000000212. The summed E-state index contributed by atoms with van der Waals surface area (Å²) in [5, 5.41) is 8.22. The van der Waals surface area contributed by atoms with Gasteiger partial charge in [0, 0.05) is 29.6 Å². The fourth-order valence-electron chi connectivity index (χ4n) is 4.35. The molecule has 3 aromatic rings. The van der Waals surface area contributed by atoms with E-state index >= 15 is 0 Å². The molecule has 1 unspecified atom stereocenters. The Hall–Kier alpha value is -3.14. The van der Waals surface area contributed by atoms with Gasteiger partial charge in [0.25, 0.3) is 5.91 Å². The normalized spacial score (nSPS) is 13.5. The van der Waals surface area contributed by atoms with Gasteiger partial charge in [0.05, 0.1) is 12.2 Å². The first-order chi connectivity index (χ1) is 18.3. The molecule has 204 valence electrons. The molecule has 1 aliphatic heterocycles. The van der Waals surface area contributed by atoms with Crippen LogP contribution in [0.15, 0.2) is 49.1 Å². The molecular formula is C27H33Cl2N5O4. The number of aryl methyl sites for hydroxylation is 2. The summed E-state index contributed by atoms with van der Waals surface area (Å²) in [6.45, 7) is 7.28. The van der Waals surface area contributed by atoms with Gasteiger partial charge >= 0.3 is 6.09 Å². The highest BCUT2D eigenvalue weighted by molar-refractivity contribution is 6.35. The van der Waals surface area contributed by atoms with Crippen LogP contribution in [0.1, 0.15) is 42.4 Å². The highest BCUT2D eigenvalue weighted by Crippen LogP contribution is 2.31. The predicted octanol–water partition coefficient (Wildman–Crippen LogP) is 5.82. The molecule has 4 rings (SSSR count). The van der Waals surface area contributed by atoms with E-state index < -0.39 is 6.09 Å². The topological polar surface area (TPSA) is 89.8 Å². The van der Waals surface area contributed by atoms with Crippen LogP contribution in [0.2, 0.25) is 10.0 Å². The van der Waals surface area contributed by atoms with Gasteiger partial charge in [0.2, 0.25) is 0 Å². The van der Waals surface area contributed by atoms with Crippen LogP contribution in [-0.4, -0.2) is 58.6 Å². The smallest absolute Gasteiger partial charge is 0.429 e. The molecule has 2 amide bonds. The summed E-state index contributed by atoms with van der Waals surface area (Å²) >= 11 is 12.2. The van der Waals surface area contributed by atoms with Crippen molar-refractivity contribution in [2.45, 2.75) is 46.1 Å². The lowest BCUT2D eigenvalue weighted by molar-refractivity contribution is -0.124. The molecule has 9 nitrogen and oxygen atoms in total. The van der Waals surface area contributed by atoms with Gasteiger partial charge in [-0.05, 0) is 49.1 Å². The number of anilines is 1. The predicted molar refractivity (Wildman–Crippen MR) is 147 cm³/mol. The number of cyclic esters (lactones) is 1. The Bertz CT molecular complexity index is 1200. The Labute approximate surface area is 233 Å². The molecule has 11 heteroatoms. The van der Waals surface area contributed by atoms with Gasteiger partial charge in [-0.25, -0.2) is 19.8 Å². The van der Waals surface area contributed by atoms with Gasteiger partial charge in [0.1, 0.15) is 25.9 Å². The van der Waals surface area contributed by atoms with Gasteiger partial charge in [-0.15, -0.1) is 0 Å². The largest absolute Gasteiger partial charge is 0.446 e. The van der Waals surface area contributed by atoms with E-state index in [2.05, 4.69) is 17.0 Å². The molecular weight excluding hydrogens is 529 g/mol. The summed E-state index contributed by atoms with van der Waals surface area (Å²) in [5.41, 5.74) is 3.65. The van der Waals surface area contributed by atoms with E-state index in [9.17, 15) is 9.59 Å². The third kappa shape index (κ3) is 7.46. The summed E-state index contributed by atoms with van der Waals surface area (Å²) in [4.78, 5) is 28.1. The zero-order valence-corrected chi connectivity index (χ0v) is 23.6. The second kappa shape index (κ2) is 14.1. The number of para-hydroxylation sites is 1. The van der Waals surface area contributed by atoms with Gasteiger partial charge in [-0.1, -0.05) is 60.8 Å². The Morgan fingerprint density at radius 1 is 1.21 bits per heavy atom. The van der Waals surface area contributed by atoms with Crippen molar-refractivity contribution in [2.75, 3.05) is 31.9 Å². The van der Waals surface area contributed by atoms with Gasteiger partial charge in [-0.2, -0.15) is 5.10 Å². The molecule has 1 aromatic heterocycles. The van der Waals surface area contributed by atoms with Crippen LogP contribution in [0.5, 0.6) is 0 Å². The summed E-state index contributed by atoms with van der Waals surface area (Å²) in [6.07, 6.45) is 4.91. The highest BCUT2D eigenvalue weighted by atomic mass is 35.5. The second-order valence-corrected chi connectivity index (χ2v) is 9.73. The molecule has 0 radical (unpaired) electrons. The third-order valence-corrected chi connectivity index (χ3v) is 6.61. The zero-order valence-electron chi connectivity index (χ0n) is 22.1. The van der Waals surface area contributed by atoms with Crippen molar-refractivity contribution < 1.29 is 19.1 Å². The minimum absolute atomic E-state index is 0.0996. The summed E-state index contributed by atoms with van der Waals surface area (Å²) in [7, 11) is 1.45. The van der Waals surface area contributed by atoms with Crippen molar-refractivity contribution in [1.29, 1.82) is 0 Å². The SMILES string of the molecule is CCCC(Cn1cncn1)c1ccc(Cl)cc1Cl.COCC(=O)N(c1c(C)cccc1C)N1CCOC1=O.